The van der Waals surface area contributed by atoms with Gasteiger partial charge in [-0.1, -0.05) is 12.5 Å². The van der Waals surface area contributed by atoms with Crippen LogP contribution in [-0.2, 0) is 60.8 Å². The highest BCUT2D eigenvalue weighted by molar-refractivity contribution is 7.87. The van der Waals surface area contributed by atoms with E-state index in [-0.39, 0.29) is 41.0 Å². The number of fused-ring (bicyclic) bond motifs is 6. The Morgan fingerprint density at radius 1 is 0.746 bits per heavy atom. The standard InChI is InChI=1S/C42H48N2O15S4/c1-7-43-32-14-12-28-30(21-26(60(47,48)49)23-34(28)62(53,54)55)39(32)41(3,4)36(43)19-25(2)20-37-42(5,16-18-59-6)40-31-22-27(61(50,51)52)24-35(63(56,57)58)29(31)13-15-33(40)44(37)17-10-8-9-11-38(45)46/h12-15,19-24H,7-11,16-18H2,1-6H3,(H4-,45,46,47,48,49,50,51,52,53,54,55,56,57,58)/p+1. The van der Waals surface area contributed by atoms with Crippen molar-refractivity contribution in [1.29, 1.82) is 0 Å². The molecule has 1 atom stereocenters. The van der Waals surface area contributed by atoms with E-state index in [4.69, 9.17) is 4.74 Å². The highest BCUT2D eigenvalue weighted by Crippen LogP contribution is 2.54. The van der Waals surface area contributed by atoms with Crippen LogP contribution < -0.4 is 4.90 Å². The van der Waals surface area contributed by atoms with Crippen LogP contribution in [0.4, 0.5) is 11.4 Å². The summed E-state index contributed by atoms with van der Waals surface area (Å²) in [6, 6.07) is 9.98. The van der Waals surface area contributed by atoms with E-state index < -0.39 is 76.9 Å². The van der Waals surface area contributed by atoms with Gasteiger partial charge in [-0.3, -0.25) is 23.0 Å². The highest BCUT2D eigenvalue weighted by Gasteiger charge is 2.48. The summed E-state index contributed by atoms with van der Waals surface area (Å²) >= 11 is 0. The zero-order valence-electron chi connectivity index (χ0n) is 35.3. The number of aliphatic carboxylic acids is 1. The van der Waals surface area contributed by atoms with Crippen molar-refractivity contribution in [1.82, 2.24) is 0 Å². The number of unbranched alkanes of at least 4 members (excludes halogenated alkanes) is 2. The lowest BCUT2D eigenvalue weighted by molar-refractivity contribution is -0.433. The molecule has 0 amide bonds. The first-order valence-corrected chi connectivity index (χ1v) is 25.5. The number of carbonyl (C=O) groups is 1. The van der Waals surface area contributed by atoms with Crippen LogP contribution in [0.25, 0.3) is 21.5 Å². The quantitative estimate of drug-likeness (QED) is 0.0446. The number of nitrogens with zero attached hydrogens (tertiary/aromatic N) is 2. The number of hydrogen-bond donors (Lipinski definition) is 5. The highest BCUT2D eigenvalue weighted by atomic mass is 32.2. The third-order valence-electron chi connectivity index (χ3n) is 11.9. The molecule has 2 aliphatic rings. The average molecular weight is 950 g/mol. The van der Waals surface area contributed by atoms with Crippen molar-refractivity contribution < 1.29 is 71.1 Å². The number of benzene rings is 4. The van der Waals surface area contributed by atoms with Crippen molar-refractivity contribution in [3.05, 3.63) is 83.1 Å². The van der Waals surface area contributed by atoms with E-state index in [9.17, 15) is 61.8 Å². The first-order valence-electron chi connectivity index (χ1n) is 19.7. The normalized spacial score (nSPS) is 18.8. The number of allylic oxidation sites excluding steroid dienone is 4. The van der Waals surface area contributed by atoms with Crippen molar-refractivity contribution >= 4 is 85.1 Å². The van der Waals surface area contributed by atoms with Crippen LogP contribution in [-0.4, -0.2) is 100 Å². The van der Waals surface area contributed by atoms with Gasteiger partial charge < -0.3 is 14.7 Å². The van der Waals surface area contributed by atoms with Crippen molar-refractivity contribution in [3.8, 4) is 0 Å². The Morgan fingerprint density at radius 2 is 1.29 bits per heavy atom. The summed E-state index contributed by atoms with van der Waals surface area (Å²) < 4.78 is 149. The minimum absolute atomic E-state index is 0.00312. The fourth-order valence-corrected chi connectivity index (χ4v) is 11.8. The minimum Gasteiger partial charge on any atom is -0.481 e. The zero-order valence-corrected chi connectivity index (χ0v) is 38.5. The van der Waals surface area contributed by atoms with Gasteiger partial charge in [-0.2, -0.15) is 38.2 Å². The maximum Gasteiger partial charge on any atom is 0.303 e. The maximum absolute atomic E-state index is 12.7. The third kappa shape index (κ3) is 8.94. The maximum atomic E-state index is 12.7. The molecule has 2 aliphatic heterocycles. The number of anilines is 1. The molecule has 2 heterocycles. The number of methoxy groups -OCH3 is 1. The Balaban J connectivity index is 1.61. The van der Waals surface area contributed by atoms with Gasteiger partial charge in [0.25, 0.3) is 40.5 Å². The summed E-state index contributed by atoms with van der Waals surface area (Å²) in [6.07, 6.45) is 5.50. The molecule has 5 N–H and O–H groups in total. The molecule has 0 radical (unpaired) electrons. The Kier molecular flexibility index (Phi) is 12.7. The molecule has 0 aromatic heterocycles. The monoisotopic (exact) mass is 949 g/mol. The number of ether oxygens (including phenoxy) is 1. The molecule has 4 aromatic rings. The summed E-state index contributed by atoms with van der Waals surface area (Å²) in [5, 5.41) is 9.61. The molecule has 17 nitrogen and oxygen atoms in total. The van der Waals surface area contributed by atoms with Gasteiger partial charge in [0.2, 0.25) is 5.69 Å². The van der Waals surface area contributed by atoms with Gasteiger partial charge in [-0.15, -0.1) is 0 Å². The second-order valence-corrected chi connectivity index (χ2v) is 22.1. The zero-order chi connectivity index (χ0) is 46.8. The molecule has 6 rings (SSSR count). The Bertz CT molecular complexity index is 3150. The molecule has 0 fully saturated rings. The first-order chi connectivity index (χ1) is 29.1. The average Bonchev–Trinajstić information content (AvgIpc) is 3.53. The number of hydrogen-bond acceptors (Lipinski definition) is 11. The predicted molar refractivity (Wildman–Crippen MR) is 235 cm³/mol. The van der Waals surface area contributed by atoms with Crippen LogP contribution >= 0.6 is 0 Å². The number of rotatable bonds is 16. The van der Waals surface area contributed by atoms with Gasteiger partial charge in [0.1, 0.15) is 16.3 Å². The fraction of sp³-hybridized carbons (Fsp3) is 0.381. The van der Waals surface area contributed by atoms with Gasteiger partial charge in [-0.05, 0) is 118 Å². The van der Waals surface area contributed by atoms with E-state index >= 15 is 0 Å². The first kappa shape index (κ1) is 47.9. The summed E-state index contributed by atoms with van der Waals surface area (Å²) in [7, 11) is -18.4. The van der Waals surface area contributed by atoms with E-state index in [1.807, 2.05) is 56.2 Å². The van der Waals surface area contributed by atoms with Gasteiger partial charge in [0.15, 0.2) is 5.71 Å². The Hall–Kier alpha value is -4.58. The van der Waals surface area contributed by atoms with E-state index in [1.165, 1.54) is 31.4 Å². The van der Waals surface area contributed by atoms with Gasteiger partial charge in [0, 0.05) is 72.0 Å². The van der Waals surface area contributed by atoms with Crippen LogP contribution in [0, 0.1) is 0 Å². The molecule has 0 saturated carbocycles. The second-order valence-electron chi connectivity index (χ2n) is 16.5. The molecule has 0 aliphatic carbocycles. The van der Waals surface area contributed by atoms with Crippen LogP contribution in [0.15, 0.2) is 91.5 Å². The van der Waals surface area contributed by atoms with Crippen molar-refractivity contribution in [2.45, 2.75) is 97.1 Å². The number of carboxylic acids is 1. The van der Waals surface area contributed by atoms with Gasteiger partial charge in [0.05, 0.1) is 15.2 Å². The van der Waals surface area contributed by atoms with E-state index in [1.54, 1.807) is 12.1 Å². The van der Waals surface area contributed by atoms with Crippen molar-refractivity contribution in [2.75, 3.05) is 31.7 Å². The molecule has 0 spiro atoms. The van der Waals surface area contributed by atoms with Crippen molar-refractivity contribution in [2.24, 2.45) is 0 Å². The lowest BCUT2D eigenvalue weighted by Crippen LogP contribution is -2.31. The lowest BCUT2D eigenvalue weighted by Gasteiger charge is -2.31. The molecule has 0 bridgehead atoms. The molecule has 1 unspecified atom stereocenters. The van der Waals surface area contributed by atoms with Crippen LogP contribution in [0.2, 0.25) is 0 Å². The third-order valence-corrected chi connectivity index (χ3v) is 15.4. The largest absolute Gasteiger partial charge is 0.481 e. The molecular formula is C42H49N2O15S4+. The Labute approximate surface area is 366 Å². The van der Waals surface area contributed by atoms with Crippen LogP contribution in [0.1, 0.15) is 77.8 Å². The fourth-order valence-electron chi connectivity index (χ4n) is 9.12. The SMILES string of the molecule is CC[N+]1=C(/C=C(C)/C=C2/N(CCCCCC(=O)O)c3ccc4c(S(=O)(=O)O)cc(S(=O)(=O)O)cc4c3C2(C)CCOC)C(C)(C)c2c1ccc1c(S(=O)(=O)O)cc(S(=O)(=O)O)cc21. The van der Waals surface area contributed by atoms with Gasteiger partial charge in [-0.25, -0.2) is 0 Å². The molecular weight excluding hydrogens is 901 g/mol. The smallest absolute Gasteiger partial charge is 0.303 e. The van der Waals surface area contributed by atoms with E-state index in [0.717, 1.165) is 0 Å². The molecule has 4 aromatic carbocycles. The van der Waals surface area contributed by atoms with Crippen LogP contribution in [0.3, 0.4) is 0 Å². The lowest BCUT2D eigenvalue weighted by atomic mass is 9.76. The summed E-state index contributed by atoms with van der Waals surface area (Å²) in [6.45, 7) is 10.3. The van der Waals surface area contributed by atoms with Crippen molar-refractivity contribution in [3.63, 3.8) is 0 Å². The van der Waals surface area contributed by atoms with E-state index in [2.05, 4.69) is 0 Å². The Morgan fingerprint density at radius 3 is 1.78 bits per heavy atom. The molecule has 340 valence electrons. The minimum atomic E-state index is -5.02. The second kappa shape index (κ2) is 16.8. The topological polar surface area (TPSA) is 270 Å². The molecule has 0 saturated heterocycles. The number of carboxylic acid groups (broad SMARTS) is 1. The molecule has 63 heavy (non-hydrogen) atoms. The summed E-state index contributed by atoms with van der Waals surface area (Å²) in [5.74, 6) is -0.938. The predicted octanol–water partition coefficient (Wildman–Crippen LogP) is 6.67. The van der Waals surface area contributed by atoms with E-state index in [0.29, 0.717) is 84.0 Å². The van der Waals surface area contributed by atoms with Gasteiger partial charge >= 0.3 is 5.97 Å². The molecule has 21 heteroatoms. The van der Waals surface area contributed by atoms with Crippen LogP contribution in [0.5, 0.6) is 0 Å². The summed E-state index contributed by atoms with van der Waals surface area (Å²) in [5.41, 5.74) is 2.25. The summed E-state index contributed by atoms with van der Waals surface area (Å²) in [4.78, 5) is 10.4.